The van der Waals surface area contributed by atoms with E-state index < -0.39 is 0 Å². The molecule has 1 atom stereocenters. The number of carbonyl (C=O) groups excluding carboxylic acids is 2. The van der Waals surface area contributed by atoms with Crippen molar-refractivity contribution in [3.63, 3.8) is 0 Å². The minimum Gasteiger partial charge on any atom is -0.383 e. The second kappa shape index (κ2) is 5.10. The topological polar surface area (TPSA) is 46.6 Å². The van der Waals surface area contributed by atoms with Crippen LogP contribution in [-0.4, -0.2) is 42.9 Å². The fourth-order valence-electron chi connectivity index (χ4n) is 1.74. The van der Waals surface area contributed by atoms with E-state index in [1.165, 1.54) is 0 Å². The van der Waals surface area contributed by atoms with Crippen LogP contribution < -0.4 is 0 Å². The molecule has 0 spiro atoms. The average molecular weight is 199 g/mol. The zero-order valence-electron chi connectivity index (χ0n) is 8.78. The van der Waals surface area contributed by atoms with Crippen LogP contribution in [0.4, 0.5) is 0 Å². The molecule has 0 aromatic rings. The van der Waals surface area contributed by atoms with Gasteiger partial charge in [-0.05, 0) is 6.42 Å². The number of amides is 1. The Balaban J connectivity index is 2.57. The van der Waals surface area contributed by atoms with E-state index in [0.29, 0.717) is 19.6 Å². The van der Waals surface area contributed by atoms with Gasteiger partial charge in [0.25, 0.3) is 0 Å². The maximum atomic E-state index is 11.5. The smallest absolute Gasteiger partial charge is 0.230 e. The van der Waals surface area contributed by atoms with Gasteiger partial charge < -0.3 is 9.64 Å². The predicted molar refractivity (Wildman–Crippen MR) is 51.9 cm³/mol. The van der Waals surface area contributed by atoms with Crippen LogP contribution in [0.25, 0.3) is 0 Å². The first-order valence-corrected chi connectivity index (χ1v) is 4.99. The van der Waals surface area contributed by atoms with Gasteiger partial charge in [0.15, 0.2) is 0 Å². The summed E-state index contributed by atoms with van der Waals surface area (Å²) in [6.07, 6.45) is 1.43. The second-order valence-corrected chi connectivity index (χ2v) is 3.57. The van der Waals surface area contributed by atoms with Gasteiger partial charge >= 0.3 is 0 Å². The van der Waals surface area contributed by atoms with Crippen LogP contribution in [0.2, 0.25) is 0 Å². The van der Waals surface area contributed by atoms with Crippen molar-refractivity contribution in [3.8, 4) is 0 Å². The first-order chi connectivity index (χ1) is 6.69. The van der Waals surface area contributed by atoms with Gasteiger partial charge in [0.2, 0.25) is 5.91 Å². The highest BCUT2D eigenvalue weighted by Gasteiger charge is 2.28. The molecule has 80 valence electrons. The molecule has 4 nitrogen and oxygen atoms in total. The molecule has 0 N–H and O–H groups in total. The SMILES string of the molecule is CCC(COC)N1CCC(=O)CC1=O. The van der Waals surface area contributed by atoms with Gasteiger partial charge in [-0.15, -0.1) is 0 Å². The van der Waals surface area contributed by atoms with E-state index in [9.17, 15) is 9.59 Å². The van der Waals surface area contributed by atoms with Crippen molar-refractivity contribution in [2.45, 2.75) is 32.2 Å². The molecule has 1 amide bonds. The number of rotatable bonds is 4. The molecule has 0 bridgehead atoms. The summed E-state index contributed by atoms with van der Waals surface area (Å²) in [6, 6.07) is 0.126. The van der Waals surface area contributed by atoms with Crippen molar-refractivity contribution in [1.82, 2.24) is 4.90 Å². The normalized spacial score (nSPS) is 20.0. The summed E-state index contributed by atoms with van der Waals surface area (Å²) in [5, 5.41) is 0. The van der Waals surface area contributed by atoms with Crippen molar-refractivity contribution in [3.05, 3.63) is 0 Å². The van der Waals surface area contributed by atoms with E-state index in [-0.39, 0.29) is 24.2 Å². The number of ketones is 1. The fourth-order valence-corrected chi connectivity index (χ4v) is 1.74. The van der Waals surface area contributed by atoms with Crippen LogP contribution in [0.1, 0.15) is 26.2 Å². The molecule has 0 aromatic heterocycles. The minimum atomic E-state index is -0.0508. The number of likely N-dealkylation sites (tertiary alicyclic amines) is 1. The summed E-state index contributed by atoms with van der Waals surface area (Å²) in [5.74, 6) is 0.00340. The molecule has 14 heavy (non-hydrogen) atoms. The second-order valence-electron chi connectivity index (χ2n) is 3.57. The summed E-state index contributed by atoms with van der Waals surface area (Å²) in [5.41, 5.74) is 0. The Hall–Kier alpha value is -0.900. The van der Waals surface area contributed by atoms with Gasteiger partial charge in [-0.2, -0.15) is 0 Å². The van der Waals surface area contributed by atoms with Crippen LogP contribution in [-0.2, 0) is 14.3 Å². The Bertz CT molecular complexity index is 227. The summed E-state index contributed by atoms with van der Waals surface area (Å²) in [4.78, 5) is 24.3. The lowest BCUT2D eigenvalue weighted by molar-refractivity contribution is -0.142. The van der Waals surface area contributed by atoms with Crippen molar-refractivity contribution >= 4 is 11.7 Å². The van der Waals surface area contributed by atoms with Crippen molar-refractivity contribution < 1.29 is 14.3 Å². The Kier molecular flexibility index (Phi) is 4.07. The van der Waals surface area contributed by atoms with E-state index >= 15 is 0 Å². The fraction of sp³-hybridized carbons (Fsp3) is 0.800. The molecule has 1 aliphatic heterocycles. The Morgan fingerprint density at radius 1 is 1.50 bits per heavy atom. The maximum absolute atomic E-state index is 11.5. The van der Waals surface area contributed by atoms with Crippen LogP contribution in [0.3, 0.4) is 0 Å². The predicted octanol–water partition coefficient (Wildman–Crippen LogP) is 0.603. The highest BCUT2D eigenvalue weighted by molar-refractivity contribution is 6.00. The molecule has 1 aliphatic rings. The lowest BCUT2D eigenvalue weighted by atomic mass is 10.1. The van der Waals surface area contributed by atoms with Crippen LogP contribution in [0.15, 0.2) is 0 Å². The lowest BCUT2D eigenvalue weighted by Gasteiger charge is -2.33. The third-order valence-corrected chi connectivity index (χ3v) is 2.57. The molecule has 1 unspecified atom stereocenters. The zero-order valence-corrected chi connectivity index (χ0v) is 8.78. The Labute approximate surface area is 84.2 Å². The standard InChI is InChI=1S/C10H17NO3/c1-3-8(7-14-2)11-5-4-9(12)6-10(11)13/h8H,3-7H2,1-2H3. The zero-order chi connectivity index (χ0) is 10.6. The highest BCUT2D eigenvalue weighted by atomic mass is 16.5. The van der Waals surface area contributed by atoms with E-state index in [1.54, 1.807) is 12.0 Å². The van der Waals surface area contributed by atoms with Crippen molar-refractivity contribution in [1.29, 1.82) is 0 Å². The maximum Gasteiger partial charge on any atom is 0.230 e. The van der Waals surface area contributed by atoms with E-state index in [2.05, 4.69) is 0 Å². The third kappa shape index (κ3) is 2.54. The van der Waals surface area contributed by atoms with Crippen molar-refractivity contribution in [2.24, 2.45) is 0 Å². The number of carbonyl (C=O) groups is 2. The number of Topliss-reactive ketones (excluding diaryl/α,β-unsaturated/α-hetero) is 1. The molecule has 0 aliphatic carbocycles. The number of piperidine rings is 1. The van der Waals surface area contributed by atoms with Gasteiger partial charge in [-0.1, -0.05) is 6.92 Å². The summed E-state index contributed by atoms with van der Waals surface area (Å²) in [6.45, 7) is 3.13. The monoisotopic (exact) mass is 199 g/mol. The Morgan fingerprint density at radius 3 is 2.71 bits per heavy atom. The molecule has 0 aromatic carbocycles. The summed E-state index contributed by atoms with van der Waals surface area (Å²) < 4.78 is 5.04. The van der Waals surface area contributed by atoms with Gasteiger partial charge in [-0.3, -0.25) is 9.59 Å². The van der Waals surface area contributed by atoms with Crippen LogP contribution >= 0.6 is 0 Å². The number of hydrogen-bond acceptors (Lipinski definition) is 3. The number of hydrogen-bond donors (Lipinski definition) is 0. The molecular formula is C10H17NO3. The Morgan fingerprint density at radius 2 is 2.21 bits per heavy atom. The van der Waals surface area contributed by atoms with Crippen molar-refractivity contribution in [2.75, 3.05) is 20.3 Å². The van der Waals surface area contributed by atoms with Gasteiger partial charge in [-0.25, -0.2) is 0 Å². The average Bonchev–Trinajstić information content (AvgIpc) is 2.15. The van der Waals surface area contributed by atoms with Gasteiger partial charge in [0.1, 0.15) is 5.78 Å². The molecule has 4 heteroatoms. The molecule has 1 heterocycles. The molecule has 0 radical (unpaired) electrons. The number of nitrogens with zero attached hydrogens (tertiary/aromatic N) is 1. The lowest BCUT2D eigenvalue weighted by Crippen LogP contribution is -2.47. The van der Waals surface area contributed by atoms with Crippen LogP contribution in [0.5, 0.6) is 0 Å². The summed E-state index contributed by atoms with van der Waals surface area (Å²) in [7, 11) is 1.63. The molecular weight excluding hydrogens is 182 g/mol. The first-order valence-electron chi connectivity index (χ1n) is 4.99. The minimum absolute atomic E-state index is 0.0508. The number of methoxy groups -OCH3 is 1. The van der Waals surface area contributed by atoms with Crippen LogP contribution in [0, 0.1) is 0 Å². The molecule has 0 saturated carbocycles. The van der Waals surface area contributed by atoms with E-state index in [4.69, 9.17) is 4.74 Å². The highest BCUT2D eigenvalue weighted by Crippen LogP contribution is 2.13. The molecule has 1 rings (SSSR count). The van der Waals surface area contributed by atoms with E-state index in [0.717, 1.165) is 6.42 Å². The summed E-state index contributed by atoms with van der Waals surface area (Å²) >= 11 is 0. The third-order valence-electron chi connectivity index (χ3n) is 2.57. The van der Waals surface area contributed by atoms with Gasteiger partial charge in [0.05, 0.1) is 19.1 Å². The van der Waals surface area contributed by atoms with Gasteiger partial charge in [0, 0.05) is 20.1 Å². The van der Waals surface area contributed by atoms with E-state index in [1.807, 2.05) is 6.92 Å². The first kappa shape index (κ1) is 11.2. The molecule has 1 fully saturated rings. The number of ether oxygens (including phenoxy) is 1. The molecule has 1 saturated heterocycles. The largest absolute Gasteiger partial charge is 0.383 e. The quantitative estimate of drug-likeness (QED) is 0.623.